The van der Waals surface area contributed by atoms with Crippen molar-refractivity contribution in [2.24, 2.45) is 11.8 Å². The Kier molecular flexibility index (Phi) is 1.38. The number of hydrogen-bond acceptors (Lipinski definition) is 0. The molecule has 0 saturated heterocycles. The maximum atomic E-state index is 2.39. The minimum absolute atomic E-state index is 0.899. The Morgan fingerprint density at radius 1 is 0.526 bits per heavy atom. The van der Waals surface area contributed by atoms with Gasteiger partial charge >= 0.3 is 0 Å². The van der Waals surface area contributed by atoms with Gasteiger partial charge in [-0.25, -0.2) is 0 Å². The van der Waals surface area contributed by atoms with Crippen molar-refractivity contribution in [1.82, 2.24) is 0 Å². The van der Waals surface area contributed by atoms with Gasteiger partial charge in [0.25, 0.3) is 0 Å². The summed E-state index contributed by atoms with van der Waals surface area (Å²) in [4.78, 5) is 0. The van der Waals surface area contributed by atoms with Crippen LogP contribution in [0.2, 0.25) is 0 Å². The van der Waals surface area contributed by atoms with Crippen molar-refractivity contribution >= 4 is 0 Å². The molecule has 2 aromatic rings. The fraction of sp³-hybridized carbons (Fsp3) is 0.368. The van der Waals surface area contributed by atoms with Crippen LogP contribution in [0.4, 0.5) is 0 Å². The van der Waals surface area contributed by atoms with Crippen molar-refractivity contribution in [1.29, 1.82) is 0 Å². The summed E-state index contributed by atoms with van der Waals surface area (Å²) in [5, 5.41) is 0. The first kappa shape index (κ1) is 9.36. The molecule has 0 aromatic heterocycles. The van der Waals surface area contributed by atoms with Crippen LogP contribution in [0.25, 0.3) is 0 Å². The smallest absolute Gasteiger partial charge is 0.00528 e. The summed E-state index contributed by atoms with van der Waals surface area (Å²) in [6, 6.07) is 18.5. The molecule has 2 aromatic carbocycles. The molecule has 6 rings (SSSR count). The standard InChI is InChI=1S/C19H16/c1-2-6-11-10(5-1)16-14-9-15(17(11)16)19-13-8-4-3-7-12(13)18(14)19/h1-8,14-19H,9H2/t14?,15?,16-,17+,18+,19-. The van der Waals surface area contributed by atoms with Crippen LogP contribution in [-0.4, -0.2) is 0 Å². The summed E-state index contributed by atoms with van der Waals surface area (Å²) in [5.41, 5.74) is 6.73. The molecule has 6 atom stereocenters. The van der Waals surface area contributed by atoms with E-state index < -0.39 is 0 Å². The average Bonchev–Trinajstić information content (AvgIpc) is 2.88. The molecule has 2 bridgehead atoms. The minimum Gasteiger partial charge on any atom is -0.0620 e. The van der Waals surface area contributed by atoms with Gasteiger partial charge in [0.05, 0.1) is 0 Å². The second-order valence-electron chi connectivity index (χ2n) is 6.92. The van der Waals surface area contributed by atoms with E-state index in [9.17, 15) is 0 Å². The van der Waals surface area contributed by atoms with E-state index >= 15 is 0 Å². The molecule has 0 amide bonds. The Labute approximate surface area is 113 Å². The molecule has 0 heteroatoms. The van der Waals surface area contributed by atoms with E-state index in [-0.39, 0.29) is 0 Å². The lowest BCUT2D eigenvalue weighted by Gasteiger charge is -2.54. The first-order valence-corrected chi connectivity index (χ1v) is 7.63. The monoisotopic (exact) mass is 244 g/mol. The van der Waals surface area contributed by atoms with Gasteiger partial charge in [0.15, 0.2) is 0 Å². The van der Waals surface area contributed by atoms with Crippen LogP contribution in [-0.2, 0) is 0 Å². The summed E-state index contributed by atoms with van der Waals surface area (Å²) >= 11 is 0. The largest absolute Gasteiger partial charge is 0.0620 e. The Balaban J connectivity index is 1.53. The molecule has 92 valence electrons. The molecule has 19 heavy (non-hydrogen) atoms. The highest BCUT2D eigenvalue weighted by Crippen LogP contribution is 2.78. The summed E-state index contributed by atoms with van der Waals surface area (Å²) in [6.45, 7) is 0. The van der Waals surface area contributed by atoms with Crippen LogP contribution in [0.5, 0.6) is 0 Å². The summed E-state index contributed by atoms with van der Waals surface area (Å²) in [7, 11) is 0. The van der Waals surface area contributed by atoms with Gasteiger partial charge in [-0.2, -0.15) is 0 Å². The first-order valence-electron chi connectivity index (χ1n) is 7.63. The molecule has 2 unspecified atom stereocenters. The lowest BCUT2D eigenvalue weighted by Crippen LogP contribution is -2.41. The number of rotatable bonds is 0. The number of benzene rings is 2. The van der Waals surface area contributed by atoms with Crippen molar-refractivity contribution in [2.75, 3.05) is 0 Å². The molecular weight excluding hydrogens is 228 g/mol. The molecule has 0 aliphatic heterocycles. The predicted molar refractivity (Wildman–Crippen MR) is 75.4 cm³/mol. The van der Waals surface area contributed by atoms with Crippen LogP contribution in [0, 0.1) is 11.8 Å². The molecule has 0 nitrogen and oxygen atoms in total. The van der Waals surface area contributed by atoms with E-state index in [1.165, 1.54) is 6.42 Å². The highest BCUT2D eigenvalue weighted by atomic mass is 14.7. The third-order valence-corrected chi connectivity index (χ3v) is 6.59. The number of fused-ring (bicyclic) bond motifs is 14. The number of hydrogen-bond donors (Lipinski definition) is 0. The fourth-order valence-electron chi connectivity index (χ4n) is 6.15. The van der Waals surface area contributed by atoms with Crippen LogP contribution in [0.1, 0.15) is 52.3 Å². The van der Waals surface area contributed by atoms with E-state index in [0.717, 1.165) is 35.5 Å². The second-order valence-corrected chi connectivity index (χ2v) is 6.92. The van der Waals surface area contributed by atoms with Gasteiger partial charge in [0.1, 0.15) is 0 Å². The summed E-state index contributed by atoms with van der Waals surface area (Å²) in [5.74, 6) is 5.49. The third-order valence-electron chi connectivity index (χ3n) is 6.59. The zero-order chi connectivity index (χ0) is 12.1. The summed E-state index contributed by atoms with van der Waals surface area (Å²) < 4.78 is 0. The molecule has 2 saturated carbocycles. The Morgan fingerprint density at radius 3 is 1.16 bits per heavy atom. The molecule has 0 radical (unpaired) electrons. The zero-order valence-electron chi connectivity index (χ0n) is 10.8. The Morgan fingerprint density at radius 2 is 0.842 bits per heavy atom. The van der Waals surface area contributed by atoms with E-state index in [2.05, 4.69) is 48.5 Å². The van der Waals surface area contributed by atoms with Gasteiger partial charge in [0.2, 0.25) is 0 Å². The van der Waals surface area contributed by atoms with Crippen molar-refractivity contribution in [3.05, 3.63) is 70.8 Å². The van der Waals surface area contributed by atoms with Crippen molar-refractivity contribution in [3.63, 3.8) is 0 Å². The van der Waals surface area contributed by atoms with Gasteiger partial charge in [-0.3, -0.25) is 0 Å². The van der Waals surface area contributed by atoms with E-state index in [0.29, 0.717) is 0 Å². The highest BCUT2D eigenvalue weighted by molar-refractivity contribution is 5.58. The zero-order valence-corrected chi connectivity index (χ0v) is 10.8. The van der Waals surface area contributed by atoms with E-state index in [4.69, 9.17) is 0 Å². The van der Waals surface area contributed by atoms with Crippen LogP contribution >= 0.6 is 0 Å². The van der Waals surface area contributed by atoms with Crippen molar-refractivity contribution in [2.45, 2.75) is 30.1 Å². The quantitative estimate of drug-likeness (QED) is 0.603. The average molecular weight is 244 g/mol. The maximum Gasteiger partial charge on any atom is -0.00528 e. The molecule has 0 spiro atoms. The first-order chi connectivity index (χ1) is 9.45. The maximum absolute atomic E-state index is 2.39. The van der Waals surface area contributed by atoms with Gasteiger partial charge in [-0.1, -0.05) is 48.5 Å². The molecular formula is C19H16. The Bertz CT molecular complexity index is 594. The topological polar surface area (TPSA) is 0 Å². The van der Waals surface area contributed by atoms with Crippen LogP contribution in [0.15, 0.2) is 48.5 Å². The van der Waals surface area contributed by atoms with Crippen LogP contribution < -0.4 is 0 Å². The molecule has 0 N–H and O–H groups in total. The van der Waals surface area contributed by atoms with Gasteiger partial charge in [0, 0.05) is 0 Å². The lowest BCUT2D eigenvalue weighted by molar-refractivity contribution is 0.228. The third kappa shape index (κ3) is 0.826. The fourth-order valence-corrected chi connectivity index (χ4v) is 6.15. The predicted octanol–water partition coefficient (Wildman–Crippen LogP) is 4.40. The summed E-state index contributed by atoms with van der Waals surface area (Å²) in [6.07, 6.45) is 1.48. The molecule has 4 aliphatic rings. The SMILES string of the molecule is c1ccc2c(c1)[C@@H]1C3CC([C@H]4c5ccccc5[C@@H]34)[C@H]21. The van der Waals surface area contributed by atoms with E-state index in [1.807, 2.05) is 0 Å². The second kappa shape index (κ2) is 2.80. The highest BCUT2D eigenvalue weighted by Gasteiger charge is 2.66. The minimum atomic E-state index is 0.899. The Hall–Kier alpha value is -1.56. The lowest BCUT2D eigenvalue weighted by atomic mass is 9.50. The molecule has 0 heterocycles. The molecule has 2 fully saturated rings. The van der Waals surface area contributed by atoms with Gasteiger partial charge in [-0.15, -0.1) is 0 Å². The molecule has 4 aliphatic carbocycles. The normalized spacial score (nSPS) is 42.5. The van der Waals surface area contributed by atoms with Gasteiger partial charge in [-0.05, 0) is 64.2 Å². The van der Waals surface area contributed by atoms with Crippen molar-refractivity contribution < 1.29 is 0 Å². The van der Waals surface area contributed by atoms with Crippen LogP contribution in [0.3, 0.4) is 0 Å². The van der Waals surface area contributed by atoms with E-state index in [1.54, 1.807) is 22.3 Å². The van der Waals surface area contributed by atoms with Gasteiger partial charge < -0.3 is 0 Å². The van der Waals surface area contributed by atoms with Crippen molar-refractivity contribution in [3.8, 4) is 0 Å².